The molecule has 0 bridgehead atoms. The highest BCUT2D eigenvalue weighted by Gasteiger charge is 2.28. The van der Waals surface area contributed by atoms with Crippen LogP contribution in [-0.4, -0.2) is 34.8 Å². The van der Waals surface area contributed by atoms with Gasteiger partial charge in [0.2, 0.25) is 0 Å². The molecule has 1 saturated carbocycles. The number of hydrogen-bond acceptors (Lipinski definition) is 4. The molecule has 2 aromatic rings. The summed E-state index contributed by atoms with van der Waals surface area (Å²) in [5.74, 6) is -0.240. The van der Waals surface area contributed by atoms with E-state index >= 15 is 0 Å². The second-order valence-corrected chi connectivity index (χ2v) is 7.77. The van der Waals surface area contributed by atoms with E-state index in [1.165, 1.54) is 39.2 Å². The number of carbonyl (C=O) groups is 2. The first-order valence-electron chi connectivity index (χ1n) is 9.85. The van der Waals surface area contributed by atoms with Crippen molar-refractivity contribution in [3.63, 3.8) is 0 Å². The van der Waals surface area contributed by atoms with Gasteiger partial charge in [0.05, 0.1) is 12.6 Å². The van der Waals surface area contributed by atoms with Crippen LogP contribution < -0.4 is 5.32 Å². The molecule has 146 valence electrons. The van der Waals surface area contributed by atoms with Gasteiger partial charge in [-0.15, -0.1) is 0 Å². The number of ether oxygens (including phenoxy) is 1. The van der Waals surface area contributed by atoms with E-state index in [1.807, 2.05) is 42.8 Å². The normalized spacial score (nSPS) is 16.4. The van der Waals surface area contributed by atoms with Gasteiger partial charge in [-0.2, -0.15) is 5.10 Å². The van der Waals surface area contributed by atoms with E-state index in [1.54, 1.807) is 0 Å². The van der Waals surface area contributed by atoms with Crippen molar-refractivity contribution >= 4 is 22.8 Å². The maximum absolute atomic E-state index is 12.9. The molecule has 1 aliphatic rings. The van der Waals surface area contributed by atoms with Crippen LogP contribution in [0.25, 0.3) is 10.9 Å². The summed E-state index contributed by atoms with van der Waals surface area (Å²) in [6.07, 6.45) is 6.29. The van der Waals surface area contributed by atoms with E-state index in [4.69, 9.17) is 4.74 Å². The summed E-state index contributed by atoms with van der Waals surface area (Å²) >= 11 is 0. The first-order valence-corrected chi connectivity index (χ1v) is 9.85. The minimum atomic E-state index is -0.690. The van der Waals surface area contributed by atoms with Gasteiger partial charge in [-0.3, -0.25) is 9.48 Å². The summed E-state index contributed by atoms with van der Waals surface area (Å²) in [7, 11) is 1.33. The molecular weight excluding hydrogens is 342 g/mol. The molecule has 0 radical (unpaired) electrons. The van der Waals surface area contributed by atoms with E-state index in [2.05, 4.69) is 10.4 Å². The van der Waals surface area contributed by atoms with Crippen LogP contribution in [0.15, 0.2) is 24.3 Å². The van der Waals surface area contributed by atoms with Gasteiger partial charge in [-0.1, -0.05) is 51.3 Å². The molecule has 1 aromatic carbocycles. The maximum Gasteiger partial charge on any atom is 0.328 e. The first kappa shape index (κ1) is 19.4. The molecule has 1 amide bonds. The van der Waals surface area contributed by atoms with E-state index in [0.29, 0.717) is 11.6 Å². The predicted molar refractivity (Wildman–Crippen MR) is 104 cm³/mol. The summed E-state index contributed by atoms with van der Waals surface area (Å²) in [6.45, 7) is 4.59. The molecule has 0 aliphatic heterocycles. The third-order valence-corrected chi connectivity index (χ3v) is 5.44. The van der Waals surface area contributed by atoms with Gasteiger partial charge in [-0.25, -0.2) is 4.79 Å². The van der Waals surface area contributed by atoms with Crippen molar-refractivity contribution < 1.29 is 14.3 Å². The second-order valence-electron chi connectivity index (χ2n) is 7.77. The number of hydrogen-bond donors (Lipinski definition) is 1. The zero-order valence-corrected chi connectivity index (χ0v) is 16.4. The predicted octanol–water partition coefficient (Wildman–Crippen LogP) is 3.54. The Morgan fingerprint density at radius 1 is 1.22 bits per heavy atom. The molecule has 3 rings (SSSR count). The topological polar surface area (TPSA) is 73.2 Å². The SMILES string of the molecule is COC(=O)[C@@H](NC(=O)c1nn(CC2CCCCC2)c2ccccc12)C(C)C. The Morgan fingerprint density at radius 3 is 2.59 bits per heavy atom. The molecule has 1 atom stereocenters. The minimum Gasteiger partial charge on any atom is -0.467 e. The molecule has 1 fully saturated rings. The van der Waals surface area contributed by atoms with Crippen molar-refractivity contribution in [2.75, 3.05) is 7.11 Å². The van der Waals surface area contributed by atoms with Crippen LogP contribution >= 0.6 is 0 Å². The molecule has 1 aliphatic carbocycles. The maximum atomic E-state index is 12.9. The lowest BCUT2D eigenvalue weighted by Gasteiger charge is -2.21. The Kier molecular flexibility index (Phi) is 6.14. The second kappa shape index (κ2) is 8.55. The highest BCUT2D eigenvalue weighted by molar-refractivity contribution is 6.06. The van der Waals surface area contributed by atoms with Crippen molar-refractivity contribution in [1.82, 2.24) is 15.1 Å². The molecule has 1 heterocycles. The van der Waals surface area contributed by atoms with Crippen LogP contribution in [-0.2, 0) is 16.1 Å². The van der Waals surface area contributed by atoms with Crippen molar-refractivity contribution in [2.24, 2.45) is 11.8 Å². The smallest absolute Gasteiger partial charge is 0.328 e. The van der Waals surface area contributed by atoms with Crippen LogP contribution in [0.3, 0.4) is 0 Å². The number of nitrogens with zero attached hydrogens (tertiary/aromatic N) is 2. The van der Waals surface area contributed by atoms with Crippen LogP contribution in [0.1, 0.15) is 56.4 Å². The Bertz CT molecular complexity index is 806. The number of benzene rings is 1. The Hall–Kier alpha value is -2.37. The molecular formula is C21H29N3O3. The fourth-order valence-electron chi connectivity index (χ4n) is 3.88. The van der Waals surface area contributed by atoms with Crippen molar-refractivity contribution in [1.29, 1.82) is 0 Å². The van der Waals surface area contributed by atoms with Gasteiger partial charge < -0.3 is 10.1 Å². The lowest BCUT2D eigenvalue weighted by molar-refractivity contribution is -0.144. The standard InChI is InChI=1S/C21H29N3O3/c1-14(2)18(21(26)27-3)22-20(25)19-16-11-7-8-12-17(16)24(23-19)13-15-9-5-4-6-10-15/h7-8,11-12,14-15,18H,4-6,9-10,13H2,1-3H3,(H,22,25)/t18-/m0/s1. The monoisotopic (exact) mass is 371 g/mol. The van der Waals surface area contributed by atoms with Crippen LogP contribution in [0, 0.1) is 11.8 Å². The van der Waals surface area contributed by atoms with Crippen LogP contribution in [0.5, 0.6) is 0 Å². The van der Waals surface area contributed by atoms with Crippen molar-refractivity contribution in [3.8, 4) is 0 Å². The number of amides is 1. The zero-order valence-electron chi connectivity index (χ0n) is 16.4. The van der Waals surface area contributed by atoms with Gasteiger partial charge in [0.25, 0.3) is 5.91 Å². The third-order valence-electron chi connectivity index (χ3n) is 5.44. The average molecular weight is 371 g/mol. The molecule has 0 saturated heterocycles. The number of methoxy groups -OCH3 is 1. The number of nitrogens with one attached hydrogen (secondary N) is 1. The van der Waals surface area contributed by atoms with Gasteiger partial charge in [0.1, 0.15) is 6.04 Å². The summed E-state index contributed by atoms with van der Waals surface area (Å²) in [6, 6.07) is 7.10. The lowest BCUT2D eigenvalue weighted by Crippen LogP contribution is -2.45. The molecule has 0 unspecified atom stereocenters. The van der Waals surface area contributed by atoms with E-state index < -0.39 is 12.0 Å². The van der Waals surface area contributed by atoms with Gasteiger partial charge >= 0.3 is 5.97 Å². The number of aromatic nitrogens is 2. The Labute approximate surface area is 160 Å². The number of fused-ring (bicyclic) bond motifs is 1. The summed E-state index contributed by atoms with van der Waals surface area (Å²) < 4.78 is 6.79. The first-order chi connectivity index (χ1) is 13.0. The molecule has 27 heavy (non-hydrogen) atoms. The van der Waals surface area contributed by atoms with E-state index in [-0.39, 0.29) is 11.8 Å². The van der Waals surface area contributed by atoms with Gasteiger partial charge in [-0.05, 0) is 30.7 Å². The number of para-hydroxylation sites is 1. The molecule has 0 spiro atoms. The van der Waals surface area contributed by atoms with Gasteiger partial charge in [0.15, 0.2) is 5.69 Å². The van der Waals surface area contributed by atoms with Crippen molar-refractivity contribution in [3.05, 3.63) is 30.0 Å². The third kappa shape index (κ3) is 4.31. The van der Waals surface area contributed by atoms with Gasteiger partial charge in [0, 0.05) is 11.9 Å². The number of carbonyl (C=O) groups excluding carboxylic acids is 2. The highest BCUT2D eigenvalue weighted by atomic mass is 16.5. The fourth-order valence-corrected chi connectivity index (χ4v) is 3.88. The summed E-state index contributed by atoms with van der Waals surface area (Å²) in [5, 5.41) is 8.25. The Morgan fingerprint density at radius 2 is 1.93 bits per heavy atom. The van der Waals surface area contributed by atoms with E-state index in [0.717, 1.165) is 17.4 Å². The average Bonchev–Trinajstić information content (AvgIpc) is 3.04. The van der Waals surface area contributed by atoms with Crippen molar-refractivity contribution in [2.45, 2.75) is 58.5 Å². The molecule has 6 nitrogen and oxygen atoms in total. The number of rotatable bonds is 6. The largest absolute Gasteiger partial charge is 0.467 e. The van der Waals surface area contributed by atoms with E-state index in [9.17, 15) is 9.59 Å². The summed E-state index contributed by atoms with van der Waals surface area (Å²) in [4.78, 5) is 24.9. The number of esters is 1. The lowest BCUT2D eigenvalue weighted by atomic mass is 9.89. The molecule has 1 N–H and O–H groups in total. The molecule has 6 heteroatoms. The van der Waals surface area contributed by atoms with Crippen LogP contribution in [0.4, 0.5) is 0 Å². The summed E-state index contributed by atoms with van der Waals surface area (Å²) in [5.41, 5.74) is 1.34. The zero-order chi connectivity index (χ0) is 19.4. The molecule has 1 aromatic heterocycles. The van der Waals surface area contributed by atoms with Crippen LogP contribution in [0.2, 0.25) is 0 Å². The minimum absolute atomic E-state index is 0.0722. The quantitative estimate of drug-likeness (QED) is 0.788. The fraction of sp³-hybridized carbons (Fsp3) is 0.571. The Balaban J connectivity index is 1.87. The highest BCUT2D eigenvalue weighted by Crippen LogP contribution is 2.27.